The van der Waals surface area contributed by atoms with Gasteiger partial charge >= 0.3 is 6.03 Å². The van der Waals surface area contributed by atoms with Crippen LogP contribution >= 0.6 is 11.3 Å². The fraction of sp³-hybridized carbons (Fsp3) is 0.348. The number of anilines is 1. The van der Waals surface area contributed by atoms with Crippen LogP contribution in [0, 0.1) is 0 Å². The highest BCUT2D eigenvalue weighted by atomic mass is 32.1. The molecular weight excluding hydrogens is 382 g/mol. The van der Waals surface area contributed by atoms with Gasteiger partial charge < -0.3 is 19.5 Å². The van der Waals surface area contributed by atoms with E-state index in [0.717, 1.165) is 30.0 Å². The Labute approximate surface area is 174 Å². The Morgan fingerprint density at radius 1 is 1.17 bits per heavy atom. The number of nitrogens with one attached hydrogen (secondary N) is 1. The molecule has 1 N–H and O–H groups in total. The first-order valence-electron chi connectivity index (χ1n) is 10.2. The van der Waals surface area contributed by atoms with Crippen LogP contribution in [0.1, 0.15) is 47.5 Å². The highest BCUT2D eigenvalue weighted by Gasteiger charge is 2.32. The van der Waals surface area contributed by atoms with Gasteiger partial charge in [-0.25, -0.2) is 4.79 Å². The fourth-order valence-corrected chi connectivity index (χ4v) is 5.91. The number of amides is 2. The van der Waals surface area contributed by atoms with Crippen LogP contribution < -0.4 is 10.1 Å². The molecule has 2 aromatic heterocycles. The Kier molecular flexibility index (Phi) is 4.59. The lowest BCUT2D eigenvalue weighted by Gasteiger charge is -2.28. The average molecular weight is 408 g/mol. The quantitative estimate of drug-likeness (QED) is 0.607. The van der Waals surface area contributed by atoms with Crippen LogP contribution in [0.15, 0.2) is 42.6 Å². The summed E-state index contributed by atoms with van der Waals surface area (Å²) in [5, 5.41) is 4.36. The summed E-state index contributed by atoms with van der Waals surface area (Å²) in [6.45, 7) is 2.75. The minimum absolute atomic E-state index is 0.0190. The number of urea groups is 1. The van der Waals surface area contributed by atoms with Crippen molar-refractivity contribution >= 4 is 23.1 Å². The number of aromatic nitrogens is 1. The Morgan fingerprint density at radius 3 is 2.90 bits per heavy atom. The third kappa shape index (κ3) is 3.12. The number of carbonyl (C=O) groups is 1. The second-order valence-electron chi connectivity index (χ2n) is 7.76. The lowest BCUT2D eigenvalue weighted by molar-refractivity contribution is 0.189. The Morgan fingerprint density at radius 2 is 2.03 bits per heavy atom. The van der Waals surface area contributed by atoms with Crippen molar-refractivity contribution in [2.24, 2.45) is 0 Å². The summed E-state index contributed by atoms with van der Waals surface area (Å²) in [6.07, 6.45) is 6.92. The van der Waals surface area contributed by atoms with E-state index >= 15 is 0 Å². The third-order valence-corrected chi connectivity index (χ3v) is 7.40. The van der Waals surface area contributed by atoms with Gasteiger partial charge in [-0.2, -0.15) is 0 Å². The van der Waals surface area contributed by atoms with Gasteiger partial charge in [0.2, 0.25) is 0 Å². The Hall–Kier alpha value is -2.73. The number of carbonyl (C=O) groups excluding carboxylic acids is 1. The van der Waals surface area contributed by atoms with Crippen LogP contribution in [-0.4, -0.2) is 22.6 Å². The molecule has 1 atom stereocenters. The second kappa shape index (κ2) is 7.26. The predicted molar refractivity (Wildman–Crippen MR) is 116 cm³/mol. The number of hydrogen-bond acceptors (Lipinski definition) is 3. The highest BCUT2D eigenvalue weighted by molar-refractivity contribution is 7.15. The van der Waals surface area contributed by atoms with E-state index < -0.39 is 0 Å². The van der Waals surface area contributed by atoms with E-state index in [1.165, 1.54) is 33.8 Å². The van der Waals surface area contributed by atoms with Gasteiger partial charge in [0.1, 0.15) is 10.8 Å². The second-order valence-corrected chi connectivity index (χ2v) is 8.85. The molecule has 2 amide bonds. The molecule has 150 valence electrons. The number of aryl methyl sites for hydroxylation is 1. The van der Waals surface area contributed by atoms with Crippen molar-refractivity contribution in [3.63, 3.8) is 0 Å². The van der Waals surface area contributed by atoms with Crippen molar-refractivity contribution in [3.8, 4) is 10.8 Å². The molecule has 2 aliphatic rings. The number of ether oxygens (including phenoxy) is 1. The molecule has 5 rings (SSSR count). The molecule has 0 radical (unpaired) electrons. The lowest BCUT2D eigenvalue weighted by atomic mass is 9.95. The maximum atomic E-state index is 13.3. The smallest absolute Gasteiger partial charge is 0.322 e. The third-order valence-electron chi connectivity index (χ3n) is 6.06. The summed E-state index contributed by atoms with van der Waals surface area (Å²) < 4.78 is 7.58. The van der Waals surface area contributed by atoms with Gasteiger partial charge in [-0.1, -0.05) is 6.07 Å². The van der Waals surface area contributed by atoms with Gasteiger partial charge in [0.15, 0.2) is 0 Å². The number of methoxy groups -OCH3 is 1. The summed E-state index contributed by atoms with van der Waals surface area (Å²) in [5.74, 6) is 0.731. The van der Waals surface area contributed by atoms with E-state index in [1.54, 1.807) is 7.11 Å². The number of benzene rings is 1. The Balaban J connectivity index is 1.52. The first-order valence-corrected chi connectivity index (χ1v) is 11.0. The molecule has 5 nitrogen and oxygen atoms in total. The van der Waals surface area contributed by atoms with E-state index in [1.807, 2.05) is 40.5 Å². The maximum Gasteiger partial charge on any atom is 0.322 e. The topological polar surface area (TPSA) is 46.5 Å². The molecule has 0 bridgehead atoms. The molecule has 6 heteroatoms. The van der Waals surface area contributed by atoms with Crippen molar-refractivity contribution in [3.05, 3.63) is 64.3 Å². The molecule has 0 saturated heterocycles. The van der Waals surface area contributed by atoms with Crippen molar-refractivity contribution in [1.29, 1.82) is 0 Å². The number of fused-ring (bicyclic) bond motifs is 5. The summed E-state index contributed by atoms with van der Waals surface area (Å²) >= 11 is 1.91. The summed E-state index contributed by atoms with van der Waals surface area (Å²) in [4.78, 5) is 16.8. The van der Waals surface area contributed by atoms with Crippen molar-refractivity contribution in [2.75, 3.05) is 12.4 Å². The number of thiophene rings is 1. The molecule has 0 saturated carbocycles. The Bertz CT molecular complexity index is 1070. The molecule has 3 aromatic rings. The zero-order valence-electron chi connectivity index (χ0n) is 16.8. The van der Waals surface area contributed by atoms with Crippen molar-refractivity contribution in [1.82, 2.24) is 9.47 Å². The van der Waals surface area contributed by atoms with Gasteiger partial charge in [0.05, 0.1) is 19.7 Å². The first kappa shape index (κ1) is 18.3. The maximum absolute atomic E-state index is 13.3. The van der Waals surface area contributed by atoms with Crippen LogP contribution in [0.5, 0.6) is 5.75 Å². The molecule has 1 aliphatic carbocycles. The molecule has 1 aliphatic heterocycles. The van der Waals surface area contributed by atoms with Crippen LogP contribution in [-0.2, 0) is 19.4 Å². The van der Waals surface area contributed by atoms with E-state index in [4.69, 9.17) is 4.74 Å². The van der Waals surface area contributed by atoms with E-state index in [0.29, 0.717) is 6.54 Å². The first-order chi connectivity index (χ1) is 14.2. The van der Waals surface area contributed by atoms with Gasteiger partial charge in [-0.3, -0.25) is 0 Å². The highest BCUT2D eigenvalue weighted by Crippen LogP contribution is 2.42. The SMILES string of the molecule is COc1cccc(NC(=O)N2Cc3c(sc4c3CCCC4)-n3cccc3[C@@H]2C)c1. The van der Waals surface area contributed by atoms with E-state index in [-0.39, 0.29) is 12.1 Å². The zero-order valence-corrected chi connectivity index (χ0v) is 17.6. The lowest BCUT2D eigenvalue weighted by Crippen LogP contribution is -2.36. The number of hydrogen-bond donors (Lipinski definition) is 1. The van der Waals surface area contributed by atoms with Crippen LogP contribution in [0.4, 0.5) is 10.5 Å². The average Bonchev–Trinajstić information content (AvgIpc) is 3.34. The molecule has 1 aromatic carbocycles. The molecule has 29 heavy (non-hydrogen) atoms. The molecule has 3 heterocycles. The largest absolute Gasteiger partial charge is 0.497 e. The normalized spacial score (nSPS) is 17.7. The van der Waals surface area contributed by atoms with E-state index in [9.17, 15) is 4.79 Å². The fourth-order valence-electron chi connectivity index (χ4n) is 4.50. The molecular formula is C23H25N3O2S. The molecule has 0 fully saturated rings. The van der Waals surface area contributed by atoms with Crippen LogP contribution in [0.25, 0.3) is 5.00 Å². The summed E-state index contributed by atoms with van der Waals surface area (Å²) in [5.41, 5.74) is 4.70. The van der Waals surface area contributed by atoms with Crippen LogP contribution in [0.2, 0.25) is 0 Å². The van der Waals surface area contributed by atoms with Gasteiger partial charge in [-0.05, 0) is 62.4 Å². The number of nitrogens with zero attached hydrogens (tertiary/aromatic N) is 2. The zero-order chi connectivity index (χ0) is 20.0. The molecule has 0 spiro atoms. The van der Waals surface area contributed by atoms with E-state index in [2.05, 4.69) is 35.1 Å². The van der Waals surface area contributed by atoms with Gasteiger partial charge in [0, 0.05) is 34.1 Å². The minimum Gasteiger partial charge on any atom is -0.497 e. The standard InChI is InChI=1S/C23H25N3O2S/c1-15-20-10-6-12-25(20)22-19(18-9-3-4-11-21(18)29-22)14-26(15)23(27)24-16-7-5-8-17(13-16)28-2/h5-8,10,12-13,15H,3-4,9,11,14H2,1-2H3,(H,24,27)/t15-/m0/s1. The number of rotatable bonds is 2. The summed E-state index contributed by atoms with van der Waals surface area (Å²) in [7, 11) is 1.63. The van der Waals surface area contributed by atoms with Crippen LogP contribution in [0.3, 0.4) is 0 Å². The van der Waals surface area contributed by atoms with Gasteiger partial charge in [0.25, 0.3) is 0 Å². The summed E-state index contributed by atoms with van der Waals surface area (Å²) in [6, 6.07) is 11.6. The molecule has 0 unspecified atom stereocenters. The van der Waals surface area contributed by atoms with Gasteiger partial charge in [-0.15, -0.1) is 11.3 Å². The minimum atomic E-state index is -0.0814. The predicted octanol–water partition coefficient (Wildman–Crippen LogP) is 5.53. The van der Waals surface area contributed by atoms with Crippen molar-refractivity contribution in [2.45, 2.75) is 45.2 Å². The van der Waals surface area contributed by atoms with Crippen molar-refractivity contribution < 1.29 is 9.53 Å². The monoisotopic (exact) mass is 407 g/mol.